The zero-order valence-electron chi connectivity index (χ0n) is 11.6. The van der Waals surface area contributed by atoms with E-state index in [1.54, 1.807) is 0 Å². The van der Waals surface area contributed by atoms with Crippen molar-refractivity contribution in [2.75, 3.05) is 19.6 Å². The fraction of sp³-hybridized carbons (Fsp3) is 0.412. The Morgan fingerprint density at radius 3 is 2.75 bits per heavy atom. The first kappa shape index (κ1) is 12.2. The predicted octanol–water partition coefficient (Wildman–Crippen LogP) is 2.41. The van der Waals surface area contributed by atoms with Crippen molar-refractivity contribution in [3.63, 3.8) is 0 Å². The summed E-state index contributed by atoms with van der Waals surface area (Å²) in [6.45, 7) is 4.67. The van der Waals surface area contributed by atoms with E-state index in [2.05, 4.69) is 57.7 Å². The van der Waals surface area contributed by atoms with Gasteiger partial charge in [0.1, 0.15) is 0 Å². The van der Waals surface area contributed by atoms with E-state index in [1.165, 1.54) is 24.3 Å². The van der Waals surface area contributed by atoms with Gasteiger partial charge in [-0.3, -0.25) is 4.90 Å². The number of nitrogens with zero attached hydrogens (tertiary/aromatic N) is 1. The van der Waals surface area contributed by atoms with Crippen molar-refractivity contribution in [1.82, 2.24) is 15.2 Å². The van der Waals surface area contributed by atoms with Gasteiger partial charge in [-0.25, -0.2) is 0 Å². The molecule has 2 aromatic rings. The fourth-order valence-electron chi connectivity index (χ4n) is 3.86. The summed E-state index contributed by atoms with van der Waals surface area (Å²) < 4.78 is 0. The molecule has 3 atom stereocenters. The molecule has 0 saturated carbocycles. The molecular weight excluding hydrogens is 246 g/mol. The lowest BCUT2D eigenvalue weighted by Crippen LogP contribution is -2.27. The Hall–Kier alpha value is -1.58. The first-order valence-corrected chi connectivity index (χ1v) is 7.53. The van der Waals surface area contributed by atoms with Crippen LogP contribution in [-0.2, 0) is 6.54 Å². The molecule has 104 valence electrons. The summed E-state index contributed by atoms with van der Waals surface area (Å²) in [5.41, 5.74) is 2.77. The summed E-state index contributed by atoms with van der Waals surface area (Å²) in [5.74, 6) is 1.55. The minimum absolute atomic E-state index is 0.510. The first-order valence-electron chi connectivity index (χ1n) is 7.53. The van der Waals surface area contributed by atoms with E-state index in [-0.39, 0.29) is 0 Å². The standard InChI is InChI=1S/C17H21N3/c1-2-5-13(6-3-1)10-20-11-14-9-19-17(15(14)12-20)16-7-4-8-18-16/h1-8,14-15,17-19H,9-12H2. The highest BCUT2D eigenvalue weighted by Gasteiger charge is 2.43. The van der Waals surface area contributed by atoms with Gasteiger partial charge in [-0.15, -0.1) is 0 Å². The molecule has 3 heterocycles. The number of benzene rings is 1. The SMILES string of the molecule is c1ccc(CN2CC3CNC(c4ccc[nH]4)C3C2)cc1. The molecule has 2 fully saturated rings. The molecule has 20 heavy (non-hydrogen) atoms. The van der Waals surface area contributed by atoms with Gasteiger partial charge in [0, 0.05) is 38.1 Å². The summed E-state index contributed by atoms with van der Waals surface area (Å²) in [4.78, 5) is 5.99. The Balaban J connectivity index is 1.45. The third kappa shape index (κ3) is 2.17. The van der Waals surface area contributed by atoms with E-state index in [0.717, 1.165) is 24.9 Å². The highest BCUT2D eigenvalue weighted by atomic mass is 15.2. The Morgan fingerprint density at radius 1 is 1.05 bits per heavy atom. The van der Waals surface area contributed by atoms with Crippen LogP contribution in [0.4, 0.5) is 0 Å². The van der Waals surface area contributed by atoms with E-state index in [9.17, 15) is 0 Å². The number of H-pyrrole nitrogens is 1. The zero-order chi connectivity index (χ0) is 13.4. The van der Waals surface area contributed by atoms with Gasteiger partial charge in [0.25, 0.3) is 0 Å². The molecule has 0 bridgehead atoms. The van der Waals surface area contributed by atoms with Crippen LogP contribution in [0.5, 0.6) is 0 Å². The molecule has 0 amide bonds. The van der Waals surface area contributed by atoms with Gasteiger partial charge in [0.15, 0.2) is 0 Å². The Kier molecular flexibility index (Phi) is 3.09. The van der Waals surface area contributed by atoms with Crippen molar-refractivity contribution in [3.05, 3.63) is 59.9 Å². The van der Waals surface area contributed by atoms with E-state index in [4.69, 9.17) is 0 Å². The van der Waals surface area contributed by atoms with Crippen LogP contribution in [0.1, 0.15) is 17.3 Å². The van der Waals surface area contributed by atoms with Crippen LogP contribution in [0.3, 0.4) is 0 Å². The summed E-state index contributed by atoms with van der Waals surface area (Å²) in [5, 5.41) is 3.69. The second-order valence-corrected chi connectivity index (χ2v) is 6.11. The molecule has 4 rings (SSSR count). The molecule has 3 nitrogen and oxygen atoms in total. The lowest BCUT2D eigenvalue weighted by molar-refractivity contribution is 0.293. The first-order chi connectivity index (χ1) is 9.90. The van der Waals surface area contributed by atoms with Crippen molar-refractivity contribution >= 4 is 0 Å². The van der Waals surface area contributed by atoms with Gasteiger partial charge in [-0.05, 0) is 29.5 Å². The zero-order valence-corrected chi connectivity index (χ0v) is 11.6. The highest BCUT2D eigenvalue weighted by Crippen LogP contribution is 2.38. The van der Waals surface area contributed by atoms with Crippen molar-refractivity contribution < 1.29 is 0 Å². The smallest absolute Gasteiger partial charge is 0.0517 e. The molecule has 2 N–H and O–H groups in total. The minimum Gasteiger partial charge on any atom is -0.364 e. The maximum absolute atomic E-state index is 3.69. The molecular formula is C17H21N3. The molecule has 1 aromatic heterocycles. The van der Waals surface area contributed by atoms with Gasteiger partial charge in [-0.1, -0.05) is 30.3 Å². The Labute approximate surface area is 120 Å². The summed E-state index contributed by atoms with van der Waals surface area (Å²) >= 11 is 0. The normalized spacial score (nSPS) is 29.7. The van der Waals surface area contributed by atoms with Crippen LogP contribution in [0, 0.1) is 11.8 Å². The summed E-state index contributed by atoms with van der Waals surface area (Å²) in [6, 6.07) is 15.6. The van der Waals surface area contributed by atoms with Crippen LogP contribution >= 0.6 is 0 Å². The molecule has 2 aliphatic rings. The topological polar surface area (TPSA) is 31.1 Å². The van der Waals surface area contributed by atoms with Crippen LogP contribution in [0.2, 0.25) is 0 Å². The van der Waals surface area contributed by atoms with Gasteiger partial charge in [0.05, 0.1) is 6.04 Å². The number of nitrogens with one attached hydrogen (secondary N) is 2. The Bertz CT molecular complexity index is 549. The molecule has 1 aromatic carbocycles. The number of fused-ring (bicyclic) bond motifs is 1. The molecule has 0 spiro atoms. The third-order valence-corrected chi connectivity index (χ3v) is 4.80. The van der Waals surface area contributed by atoms with Gasteiger partial charge < -0.3 is 10.3 Å². The monoisotopic (exact) mass is 267 g/mol. The molecule has 2 saturated heterocycles. The number of aromatic amines is 1. The van der Waals surface area contributed by atoms with E-state index in [1.807, 2.05) is 6.20 Å². The summed E-state index contributed by atoms with van der Waals surface area (Å²) in [7, 11) is 0. The molecule has 2 aliphatic heterocycles. The highest BCUT2D eigenvalue weighted by molar-refractivity contribution is 5.17. The number of hydrogen-bond acceptors (Lipinski definition) is 2. The maximum atomic E-state index is 3.69. The molecule has 3 unspecified atom stereocenters. The second-order valence-electron chi connectivity index (χ2n) is 6.11. The van der Waals surface area contributed by atoms with Crippen LogP contribution in [0.25, 0.3) is 0 Å². The van der Waals surface area contributed by atoms with Crippen molar-refractivity contribution in [1.29, 1.82) is 0 Å². The van der Waals surface area contributed by atoms with E-state index >= 15 is 0 Å². The van der Waals surface area contributed by atoms with Crippen molar-refractivity contribution in [2.24, 2.45) is 11.8 Å². The average Bonchev–Trinajstić information content (AvgIpc) is 3.15. The maximum Gasteiger partial charge on any atom is 0.0517 e. The van der Waals surface area contributed by atoms with Crippen LogP contribution in [0.15, 0.2) is 48.7 Å². The van der Waals surface area contributed by atoms with Crippen LogP contribution < -0.4 is 5.32 Å². The Morgan fingerprint density at radius 2 is 1.95 bits per heavy atom. The second kappa shape index (κ2) is 5.08. The molecule has 0 aliphatic carbocycles. The quantitative estimate of drug-likeness (QED) is 0.895. The number of likely N-dealkylation sites (tertiary alicyclic amines) is 1. The van der Waals surface area contributed by atoms with Crippen molar-refractivity contribution in [3.8, 4) is 0 Å². The third-order valence-electron chi connectivity index (χ3n) is 4.80. The summed E-state index contributed by atoms with van der Waals surface area (Å²) in [6.07, 6.45) is 2.03. The molecule has 3 heteroatoms. The fourth-order valence-corrected chi connectivity index (χ4v) is 3.86. The molecule has 0 radical (unpaired) electrons. The lowest BCUT2D eigenvalue weighted by atomic mass is 9.92. The number of rotatable bonds is 3. The predicted molar refractivity (Wildman–Crippen MR) is 80.2 cm³/mol. The van der Waals surface area contributed by atoms with E-state index in [0.29, 0.717) is 6.04 Å². The number of aromatic nitrogens is 1. The van der Waals surface area contributed by atoms with Crippen LogP contribution in [-0.4, -0.2) is 29.5 Å². The van der Waals surface area contributed by atoms with Gasteiger partial charge in [-0.2, -0.15) is 0 Å². The van der Waals surface area contributed by atoms with Crippen molar-refractivity contribution in [2.45, 2.75) is 12.6 Å². The average molecular weight is 267 g/mol. The largest absolute Gasteiger partial charge is 0.364 e. The lowest BCUT2D eigenvalue weighted by Gasteiger charge is -2.20. The van der Waals surface area contributed by atoms with E-state index < -0.39 is 0 Å². The minimum atomic E-state index is 0.510. The van der Waals surface area contributed by atoms with Gasteiger partial charge in [0.2, 0.25) is 0 Å². The van der Waals surface area contributed by atoms with Gasteiger partial charge >= 0.3 is 0 Å². The number of hydrogen-bond donors (Lipinski definition) is 2.